The van der Waals surface area contributed by atoms with Crippen LogP contribution in [-0.2, 0) is 6.42 Å². The summed E-state index contributed by atoms with van der Waals surface area (Å²) in [5.41, 5.74) is 3.36. The summed E-state index contributed by atoms with van der Waals surface area (Å²) in [5, 5.41) is 38.4. The van der Waals surface area contributed by atoms with Gasteiger partial charge in [0.05, 0.1) is 28.0 Å². The predicted molar refractivity (Wildman–Crippen MR) is 105 cm³/mol. The van der Waals surface area contributed by atoms with Crippen LogP contribution in [0.25, 0.3) is 0 Å². The second-order valence-electron chi connectivity index (χ2n) is 5.95. The molecule has 10 heteroatoms. The highest BCUT2D eigenvalue weighted by molar-refractivity contribution is 6.02. The zero-order valence-corrected chi connectivity index (χ0v) is 15.0. The summed E-state index contributed by atoms with van der Waals surface area (Å²) in [7, 11) is 0. The first-order valence-corrected chi connectivity index (χ1v) is 8.43. The minimum Gasteiger partial charge on any atom is -0.618 e. The fourth-order valence-corrected chi connectivity index (χ4v) is 2.62. The lowest BCUT2D eigenvalue weighted by Gasteiger charge is -2.09. The highest BCUT2D eigenvalue weighted by Gasteiger charge is 2.20. The molecule has 0 aliphatic heterocycles. The Morgan fingerprint density at radius 2 is 1.69 bits per heavy atom. The van der Waals surface area contributed by atoms with Gasteiger partial charge in [-0.3, -0.25) is 25.7 Å². The smallest absolute Gasteiger partial charge is 0.301 e. The van der Waals surface area contributed by atoms with Gasteiger partial charge in [-0.05, 0) is 17.7 Å². The van der Waals surface area contributed by atoms with Gasteiger partial charge < -0.3 is 5.21 Å². The van der Waals surface area contributed by atoms with E-state index in [1.807, 2.05) is 6.07 Å². The van der Waals surface area contributed by atoms with Crippen LogP contribution >= 0.6 is 0 Å². The Hall–Kier alpha value is -4.34. The van der Waals surface area contributed by atoms with Crippen molar-refractivity contribution in [1.29, 1.82) is 0 Å². The van der Waals surface area contributed by atoms with Crippen molar-refractivity contribution in [2.75, 3.05) is 5.43 Å². The topological polar surface area (TPSA) is 138 Å². The van der Waals surface area contributed by atoms with E-state index in [2.05, 4.69) is 10.5 Å². The number of rotatable bonds is 7. The van der Waals surface area contributed by atoms with Crippen LogP contribution in [0.4, 0.5) is 17.1 Å². The van der Waals surface area contributed by atoms with Crippen LogP contribution in [0, 0.1) is 25.4 Å². The van der Waals surface area contributed by atoms with Gasteiger partial charge in [0.2, 0.25) is 0 Å². The molecule has 0 saturated heterocycles. The number of aromatic nitrogens is 1. The molecule has 1 heterocycles. The number of nitro benzene ring substituents is 2. The van der Waals surface area contributed by atoms with Crippen molar-refractivity contribution in [3.63, 3.8) is 0 Å². The lowest BCUT2D eigenvalue weighted by molar-refractivity contribution is -0.613. The highest BCUT2D eigenvalue weighted by Crippen LogP contribution is 2.29. The first kappa shape index (κ1) is 19.4. The highest BCUT2D eigenvalue weighted by atomic mass is 16.6. The van der Waals surface area contributed by atoms with Crippen LogP contribution in [0.3, 0.4) is 0 Å². The van der Waals surface area contributed by atoms with Gasteiger partial charge in [0, 0.05) is 18.2 Å². The van der Waals surface area contributed by atoms with E-state index >= 15 is 0 Å². The van der Waals surface area contributed by atoms with Crippen molar-refractivity contribution >= 4 is 22.8 Å². The second-order valence-corrected chi connectivity index (χ2v) is 5.95. The summed E-state index contributed by atoms with van der Waals surface area (Å²) >= 11 is 0. The van der Waals surface area contributed by atoms with Crippen LogP contribution in [0.5, 0.6) is 0 Å². The van der Waals surface area contributed by atoms with E-state index in [4.69, 9.17) is 0 Å². The lowest BCUT2D eigenvalue weighted by Crippen LogP contribution is -2.32. The van der Waals surface area contributed by atoms with Crippen molar-refractivity contribution in [1.82, 2.24) is 0 Å². The quantitative estimate of drug-likeness (QED) is 0.215. The van der Waals surface area contributed by atoms with E-state index < -0.39 is 21.2 Å². The molecule has 0 atom stereocenters. The number of hydrogen-bond donors (Lipinski definition) is 1. The molecule has 0 bridgehead atoms. The van der Waals surface area contributed by atoms with Gasteiger partial charge in [-0.25, -0.2) is 0 Å². The Balaban J connectivity index is 1.98. The van der Waals surface area contributed by atoms with Crippen molar-refractivity contribution in [3.8, 4) is 0 Å². The molecule has 0 spiro atoms. The number of hydrazone groups is 1. The SMILES string of the molecule is O=[N+]([O-])c1ccc(N/N=C(/Cc2cccc[n+]2[O-])c2ccccc2)c([N+](=O)[O-])c1. The normalized spacial score (nSPS) is 11.1. The van der Waals surface area contributed by atoms with Crippen LogP contribution in [0.15, 0.2) is 78.0 Å². The van der Waals surface area contributed by atoms with Gasteiger partial charge >= 0.3 is 5.69 Å². The van der Waals surface area contributed by atoms with Crippen LogP contribution < -0.4 is 10.2 Å². The molecule has 0 saturated carbocycles. The van der Waals surface area contributed by atoms with E-state index in [0.29, 0.717) is 21.7 Å². The number of anilines is 1. The molecule has 0 fully saturated rings. The van der Waals surface area contributed by atoms with Gasteiger partial charge in [0.15, 0.2) is 11.9 Å². The zero-order valence-electron chi connectivity index (χ0n) is 15.0. The number of nitrogens with zero attached hydrogens (tertiary/aromatic N) is 4. The molecule has 3 aromatic rings. The third-order valence-electron chi connectivity index (χ3n) is 4.06. The summed E-state index contributed by atoms with van der Waals surface area (Å²) in [4.78, 5) is 20.7. The number of pyridine rings is 1. The maximum atomic E-state index is 12.0. The van der Waals surface area contributed by atoms with Gasteiger partial charge in [-0.2, -0.15) is 9.83 Å². The van der Waals surface area contributed by atoms with E-state index in [1.165, 1.54) is 12.3 Å². The van der Waals surface area contributed by atoms with Crippen LogP contribution in [0.1, 0.15) is 11.3 Å². The number of non-ortho nitro benzene ring substituents is 1. The molecule has 146 valence electrons. The average Bonchev–Trinajstić information content (AvgIpc) is 2.72. The Labute approximate surface area is 164 Å². The van der Waals surface area contributed by atoms with Gasteiger partial charge in [-0.1, -0.05) is 30.3 Å². The fourth-order valence-electron chi connectivity index (χ4n) is 2.62. The van der Waals surface area contributed by atoms with Crippen molar-refractivity contribution in [3.05, 3.63) is 110 Å². The zero-order chi connectivity index (χ0) is 20.8. The van der Waals surface area contributed by atoms with E-state index in [1.54, 1.807) is 42.5 Å². The summed E-state index contributed by atoms with van der Waals surface area (Å²) in [6, 6.07) is 17.2. The molecule has 2 aromatic carbocycles. The Bertz CT molecular complexity index is 1090. The van der Waals surface area contributed by atoms with Crippen molar-refractivity contribution in [2.24, 2.45) is 5.10 Å². The predicted octanol–water partition coefficient (Wildman–Crippen LogP) is 3.20. The van der Waals surface area contributed by atoms with Crippen molar-refractivity contribution in [2.45, 2.75) is 6.42 Å². The first-order valence-electron chi connectivity index (χ1n) is 8.43. The monoisotopic (exact) mass is 393 g/mol. The molecule has 0 aliphatic rings. The summed E-state index contributed by atoms with van der Waals surface area (Å²) in [5.74, 6) is 0. The van der Waals surface area contributed by atoms with Crippen LogP contribution in [-0.4, -0.2) is 15.6 Å². The molecule has 1 N–H and O–H groups in total. The number of nitro groups is 2. The van der Waals surface area contributed by atoms with Gasteiger partial charge in [0.25, 0.3) is 5.69 Å². The molecule has 0 aliphatic carbocycles. The molecule has 10 nitrogen and oxygen atoms in total. The molecular formula is C19H15N5O5. The Morgan fingerprint density at radius 1 is 0.966 bits per heavy atom. The molecule has 1 aromatic heterocycles. The number of benzene rings is 2. The minimum atomic E-state index is -0.726. The lowest BCUT2D eigenvalue weighted by atomic mass is 10.1. The fraction of sp³-hybridized carbons (Fsp3) is 0.0526. The standard InChI is InChI=1S/C19H15N5O5/c25-22-11-5-4-8-15(22)12-18(14-6-2-1-3-7-14)21-20-17-10-9-16(23(26)27)13-19(17)24(28)29/h1-11,13,20H,12H2/b21-18-. The van der Waals surface area contributed by atoms with Crippen LogP contribution in [0.2, 0.25) is 0 Å². The third kappa shape index (κ3) is 4.69. The van der Waals surface area contributed by atoms with E-state index in [-0.39, 0.29) is 12.1 Å². The maximum Gasteiger partial charge on any atom is 0.301 e. The summed E-state index contributed by atoms with van der Waals surface area (Å²) in [6.07, 6.45) is 1.54. The minimum absolute atomic E-state index is 0.00269. The largest absolute Gasteiger partial charge is 0.618 e. The molecule has 3 rings (SSSR count). The molecule has 0 unspecified atom stereocenters. The van der Waals surface area contributed by atoms with Gasteiger partial charge in [0.1, 0.15) is 5.69 Å². The molecular weight excluding hydrogens is 378 g/mol. The van der Waals surface area contributed by atoms with Gasteiger partial charge in [-0.15, -0.1) is 0 Å². The third-order valence-corrected chi connectivity index (χ3v) is 4.06. The Kier molecular flexibility index (Phi) is 5.74. The molecule has 29 heavy (non-hydrogen) atoms. The van der Waals surface area contributed by atoms with E-state index in [9.17, 15) is 25.4 Å². The first-order chi connectivity index (χ1) is 14.0. The Morgan fingerprint density at radius 3 is 2.34 bits per heavy atom. The summed E-state index contributed by atoms with van der Waals surface area (Å²) < 4.78 is 0.715. The summed E-state index contributed by atoms with van der Waals surface area (Å²) in [6.45, 7) is 0. The number of nitrogens with one attached hydrogen (secondary N) is 1. The maximum absolute atomic E-state index is 12.0. The second kappa shape index (κ2) is 8.57. The number of hydrogen-bond acceptors (Lipinski definition) is 7. The average molecular weight is 393 g/mol. The molecule has 0 amide bonds. The van der Waals surface area contributed by atoms with Crippen molar-refractivity contribution < 1.29 is 14.6 Å². The van der Waals surface area contributed by atoms with E-state index in [0.717, 1.165) is 12.1 Å². The molecule has 0 radical (unpaired) electrons.